The number of hydrogen-bond donors (Lipinski definition) is 1. The third-order valence-electron chi connectivity index (χ3n) is 8.07. The number of rotatable bonds is 7. The van der Waals surface area contributed by atoms with Gasteiger partial charge in [-0.3, -0.25) is 4.68 Å². The Morgan fingerprint density at radius 1 is 1.02 bits per heavy atom. The van der Waals surface area contributed by atoms with Crippen molar-refractivity contribution in [3.8, 4) is 39.5 Å². The SMILES string of the molecule is COCCOc1cc(F)cc(F)c1-c1c(-c2cc3n(n2)[C@@H](C)CN[C@@H]3C)nc(-c2ccc3c(c2)ncn3C)c2scc(F)c12. The number of aryl methyl sites for hydroxylation is 1. The van der Waals surface area contributed by atoms with Gasteiger partial charge in [0.05, 0.1) is 51.7 Å². The topological polar surface area (TPSA) is 79.0 Å². The quantitative estimate of drug-likeness (QED) is 0.193. The van der Waals surface area contributed by atoms with E-state index in [4.69, 9.17) is 19.6 Å². The van der Waals surface area contributed by atoms with Crippen LogP contribution in [0.2, 0.25) is 0 Å². The van der Waals surface area contributed by atoms with E-state index >= 15 is 8.78 Å². The van der Waals surface area contributed by atoms with E-state index in [1.807, 2.05) is 54.4 Å². The minimum Gasteiger partial charge on any atom is -0.490 e. The Bertz CT molecular complexity index is 2020. The number of hydrogen-bond acceptors (Lipinski definition) is 7. The van der Waals surface area contributed by atoms with Gasteiger partial charge in [-0.05, 0) is 32.0 Å². The molecule has 1 aliphatic heterocycles. The van der Waals surface area contributed by atoms with Gasteiger partial charge in [0.2, 0.25) is 0 Å². The number of thiophene rings is 1. The van der Waals surface area contributed by atoms with Crippen LogP contribution in [-0.2, 0) is 11.8 Å². The predicted molar refractivity (Wildman–Crippen MR) is 164 cm³/mol. The lowest BCUT2D eigenvalue weighted by molar-refractivity contribution is 0.146. The van der Waals surface area contributed by atoms with E-state index in [2.05, 4.69) is 10.3 Å². The van der Waals surface area contributed by atoms with Gasteiger partial charge in [0.25, 0.3) is 0 Å². The molecule has 0 radical (unpaired) electrons. The average molecular weight is 619 g/mol. The van der Waals surface area contributed by atoms with Crippen LogP contribution in [0.5, 0.6) is 5.75 Å². The standard InChI is InChI=1S/C32H29F3N6O2S/c1-16-13-36-17(2)25-12-23(39-41(16)25)31-29(27-20(34)10-19(33)11-26(27)43-8-7-42-4)28-21(35)14-44-32(28)30(38-31)18-5-6-24-22(9-18)37-15-40(24)3/h5-6,9-12,14-17,36H,7-8,13H2,1-4H3/t16-,17+/m0/s1. The number of imidazole rings is 1. The number of halogens is 3. The van der Waals surface area contributed by atoms with Crippen LogP contribution in [0.3, 0.4) is 0 Å². The van der Waals surface area contributed by atoms with Gasteiger partial charge in [-0.25, -0.2) is 23.1 Å². The summed E-state index contributed by atoms with van der Waals surface area (Å²) in [6.45, 7) is 5.02. The molecule has 5 heterocycles. The number of methoxy groups -OCH3 is 1. The zero-order valence-electron chi connectivity index (χ0n) is 24.5. The Balaban J connectivity index is 1.56. The first-order valence-corrected chi connectivity index (χ1v) is 15.1. The van der Waals surface area contributed by atoms with Crippen LogP contribution in [0.4, 0.5) is 13.2 Å². The average Bonchev–Trinajstić information content (AvgIpc) is 3.72. The molecule has 0 aliphatic carbocycles. The fourth-order valence-electron chi connectivity index (χ4n) is 5.87. The maximum Gasteiger partial charge on any atom is 0.142 e. The smallest absolute Gasteiger partial charge is 0.142 e. The largest absolute Gasteiger partial charge is 0.490 e. The molecule has 44 heavy (non-hydrogen) atoms. The van der Waals surface area contributed by atoms with E-state index in [1.54, 1.807) is 6.33 Å². The lowest BCUT2D eigenvalue weighted by atomic mass is 9.94. The highest BCUT2D eigenvalue weighted by molar-refractivity contribution is 7.17. The number of nitrogens with zero attached hydrogens (tertiary/aromatic N) is 5. The first-order chi connectivity index (χ1) is 21.2. The first kappa shape index (κ1) is 28.5. The van der Waals surface area contributed by atoms with Gasteiger partial charge in [-0.1, -0.05) is 6.07 Å². The highest BCUT2D eigenvalue weighted by atomic mass is 32.1. The molecule has 0 fully saturated rings. The van der Waals surface area contributed by atoms with Gasteiger partial charge >= 0.3 is 0 Å². The number of nitrogens with one attached hydrogen (secondary N) is 1. The maximum absolute atomic E-state index is 16.0. The molecule has 0 unspecified atom stereocenters. The van der Waals surface area contributed by atoms with Crippen LogP contribution in [0.25, 0.3) is 54.9 Å². The number of fused-ring (bicyclic) bond motifs is 3. The molecule has 4 aromatic heterocycles. The number of ether oxygens (including phenoxy) is 2. The summed E-state index contributed by atoms with van der Waals surface area (Å²) in [5.74, 6) is -2.35. The molecule has 1 aliphatic rings. The van der Waals surface area contributed by atoms with Crippen LogP contribution in [0.15, 0.2) is 48.1 Å². The van der Waals surface area contributed by atoms with E-state index in [9.17, 15) is 4.39 Å². The van der Waals surface area contributed by atoms with E-state index < -0.39 is 17.5 Å². The van der Waals surface area contributed by atoms with Crippen molar-refractivity contribution in [2.45, 2.75) is 25.9 Å². The summed E-state index contributed by atoms with van der Waals surface area (Å²) >= 11 is 1.17. The fourth-order valence-corrected chi connectivity index (χ4v) is 6.80. The summed E-state index contributed by atoms with van der Waals surface area (Å²) < 4.78 is 61.8. The van der Waals surface area contributed by atoms with E-state index in [0.29, 0.717) is 22.6 Å². The second-order valence-electron chi connectivity index (χ2n) is 11.0. The Labute approximate surface area is 255 Å². The summed E-state index contributed by atoms with van der Waals surface area (Å²) in [6.07, 6.45) is 1.73. The predicted octanol–water partition coefficient (Wildman–Crippen LogP) is 7.05. The molecule has 8 nitrogen and oxygen atoms in total. The lowest BCUT2D eigenvalue weighted by Gasteiger charge is -2.27. The van der Waals surface area contributed by atoms with Gasteiger partial charge in [0, 0.05) is 60.8 Å². The Morgan fingerprint density at radius 3 is 2.66 bits per heavy atom. The Morgan fingerprint density at radius 2 is 1.86 bits per heavy atom. The first-order valence-electron chi connectivity index (χ1n) is 14.2. The molecule has 0 saturated carbocycles. The molecule has 2 atom stereocenters. The molecule has 0 saturated heterocycles. The highest BCUT2D eigenvalue weighted by Gasteiger charge is 2.30. The van der Waals surface area contributed by atoms with Crippen LogP contribution >= 0.6 is 11.3 Å². The van der Waals surface area contributed by atoms with Gasteiger partial charge in [0.1, 0.15) is 41.2 Å². The molecule has 0 bridgehead atoms. The minimum atomic E-state index is -0.901. The van der Waals surface area contributed by atoms with Gasteiger partial charge in [-0.2, -0.15) is 5.10 Å². The second-order valence-corrected chi connectivity index (χ2v) is 11.9. The molecule has 6 aromatic rings. The van der Waals surface area contributed by atoms with Crippen molar-refractivity contribution in [2.75, 3.05) is 26.9 Å². The molecule has 7 rings (SSSR count). The van der Waals surface area contributed by atoms with Crippen molar-refractivity contribution in [1.82, 2.24) is 29.6 Å². The normalized spacial score (nSPS) is 16.6. The van der Waals surface area contributed by atoms with Crippen LogP contribution in [0.1, 0.15) is 31.6 Å². The molecule has 2 aromatic carbocycles. The fraction of sp³-hybridized carbons (Fsp3) is 0.281. The minimum absolute atomic E-state index is 0.000886. The van der Waals surface area contributed by atoms with Crippen LogP contribution < -0.4 is 10.1 Å². The summed E-state index contributed by atoms with van der Waals surface area (Å²) in [7, 11) is 3.41. The van der Waals surface area contributed by atoms with Gasteiger partial charge in [-0.15, -0.1) is 11.3 Å². The molecular formula is C32H29F3N6O2S. The van der Waals surface area contributed by atoms with Crippen molar-refractivity contribution in [3.63, 3.8) is 0 Å². The third kappa shape index (κ3) is 4.64. The lowest BCUT2D eigenvalue weighted by Crippen LogP contribution is -2.34. The number of pyridine rings is 1. The third-order valence-corrected chi connectivity index (χ3v) is 9.03. The summed E-state index contributed by atoms with van der Waals surface area (Å²) in [6, 6.07) is 9.57. The zero-order valence-corrected chi connectivity index (χ0v) is 25.3. The Hall–Kier alpha value is -4.26. The van der Waals surface area contributed by atoms with E-state index in [1.165, 1.54) is 23.8 Å². The maximum atomic E-state index is 16.0. The van der Waals surface area contributed by atoms with Crippen molar-refractivity contribution >= 4 is 32.5 Å². The van der Waals surface area contributed by atoms with Gasteiger partial charge in [0.15, 0.2) is 0 Å². The molecule has 0 spiro atoms. The van der Waals surface area contributed by atoms with E-state index in [-0.39, 0.29) is 53.3 Å². The van der Waals surface area contributed by atoms with Crippen molar-refractivity contribution in [3.05, 3.63) is 71.3 Å². The van der Waals surface area contributed by atoms with E-state index in [0.717, 1.165) is 34.4 Å². The molecule has 12 heteroatoms. The number of aromatic nitrogens is 5. The molecule has 0 amide bonds. The highest BCUT2D eigenvalue weighted by Crippen LogP contribution is 2.48. The molecule has 1 N–H and O–H groups in total. The van der Waals surface area contributed by atoms with Crippen molar-refractivity contribution in [1.29, 1.82) is 0 Å². The van der Waals surface area contributed by atoms with Crippen molar-refractivity contribution in [2.24, 2.45) is 7.05 Å². The second kappa shape index (κ2) is 11.0. The van der Waals surface area contributed by atoms with Crippen LogP contribution in [-0.4, -0.2) is 51.2 Å². The summed E-state index contributed by atoms with van der Waals surface area (Å²) in [5, 5.41) is 9.92. The molecular weight excluding hydrogens is 589 g/mol. The van der Waals surface area contributed by atoms with Gasteiger partial charge < -0.3 is 19.4 Å². The number of benzene rings is 2. The summed E-state index contributed by atoms with van der Waals surface area (Å²) in [4.78, 5) is 9.60. The molecule has 226 valence electrons. The zero-order chi connectivity index (χ0) is 30.7. The summed E-state index contributed by atoms with van der Waals surface area (Å²) in [5.41, 5.74) is 4.60. The van der Waals surface area contributed by atoms with Crippen LogP contribution in [0, 0.1) is 17.5 Å². The van der Waals surface area contributed by atoms with Crippen molar-refractivity contribution < 1.29 is 22.6 Å². The monoisotopic (exact) mass is 618 g/mol. The Kier molecular flexibility index (Phi) is 7.14.